The molecule has 3 aromatic carbocycles. The molecule has 0 atom stereocenters. The predicted molar refractivity (Wildman–Crippen MR) is 149 cm³/mol. The van der Waals surface area contributed by atoms with E-state index in [0.717, 1.165) is 36.8 Å². The molecule has 2 heterocycles. The van der Waals surface area contributed by atoms with Crippen molar-refractivity contribution in [2.24, 2.45) is 0 Å². The van der Waals surface area contributed by atoms with E-state index in [1.54, 1.807) is 12.1 Å². The van der Waals surface area contributed by atoms with Gasteiger partial charge >= 0.3 is 0 Å². The Hall–Kier alpha value is -4.41. The van der Waals surface area contributed by atoms with Crippen molar-refractivity contribution in [1.82, 2.24) is 14.9 Å². The molecule has 1 aliphatic heterocycles. The average molecular weight is 546 g/mol. The maximum atomic E-state index is 15.1. The van der Waals surface area contributed by atoms with E-state index in [2.05, 4.69) is 25.5 Å². The summed E-state index contributed by atoms with van der Waals surface area (Å²) in [5.74, 6) is -0.945. The van der Waals surface area contributed by atoms with Gasteiger partial charge in [-0.25, -0.2) is 18.7 Å². The van der Waals surface area contributed by atoms with E-state index in [4.69, 9.17) is 9.47 Å². The minimum atomic E-state index is -0.645. The largest absolute Gasteiger partial charge is 0.493 e. The van der Waals surface area contributed by atoms with Crippen LogP contribution in [-0.4, -0.2) is 54.2 Å². The molecule has 206 valence electrons. The molecule has 0 saturated carbocycles. The summed E-state index contributed by atoms with van der Waals surface area (Å²) in [6, 6.07) is 15.9. The van der Waals surface area contributed by atoms with Crippen molar-refractivity contribution in [3.63, 3.8) is 0 Å². The Labute approximate surface area is 231 Å². The highest BCUT2D eigenvalue weighted by molar-refractivity contribution is 6.05. The quantitative estimate of drug-likeness (QED) is 0.299. The lowest BCUT2D eigenvalue weighted by molar-refractivity contribution is 0.0342. The molecule has 0 spiro atoms. The molecule has 10 heteroatoms. The number of carbonyl (C=O) groups is 1. The van der Waals surface area contributed by atoms with Crippen molar-refractivity contribution in [3.8, 4) is 17.0 Å². The van der Waals surface area contributed by atoms with Gasteiger partial charge in [0.25, 0.3) is 5.91 Å². The summed E-state index contributed by atoms with van der Waals surface area (Å²) in [5, 5.41) is 5.75. The van der Waals surface area contributed by atoms with E-state index in [1.807, 2.05) is 25.1 Å². The molecular weight excluding hydrogens is 516 g/mol. The first-order valence-electron chi connectivity index (χ1n) is 12.8. The zero-order valence-corrected chi connectivity index (χ0v) is 22.2. The first-order chi connectivity index (χ1) is 19.4. The summed E-state index contributed by atoms with van der Waals surface area (Å²) in [6.07, 6.45) is 1.45. The zero-order valence-electron chi connectivity index (χ0n) is 22.2. The van der Waals surface area contributed by atoms with Crippen LogP contribution in [0.25, 0.3) is 11.3 Å². The number of benzene rings is 3. The van der Waals surface area contributed by atoms with E-state index in [0.29, 0.717) is 35.9 Å². The SMILES string of the molecule is COc1cnc(Nc2ccc(C(=O)Nc3cc(CN4CCOCC4)ccc3C)cc2F)nc1-c1ccc(F)cc1. The molecule has 2 N–H and O–H groups in total. The molecule has 4 aromatic rings. The molecule has 1 aromatic heterocycles. The van der Waals surface area contributed by atoms with E-state index < -0.39 is 11.7 Å². The van der Waals surface area contributed by atoms with Gasteiger partial charge in [-0.3, -0.25) is 9.69 Å². The van der Waals surface area contributed by atoms with Gasteiger partial charge in [-0.1, -0.05) is 12.1 Å². The third-order valence-electron chi connectivity index (χ3n) is 6.63. The van der Waals surface area contributed by atoms with Crippen LogP contribution in [0, 0.1) is 18.6 Å². The molecule has 5 rings (SSSR count). The number of hydrogen-bond donors (Lipinski definition) is 2. The molecule has 1 aliphatic rings. The number of hydrogen-bond acceptors (Lipinski definition) is 7. The van der Waals surface area contributed by atoms with Gasteiger partial charge in [-0.05, 0) is 66.6 Å². The van der Waals surface area contributed by atoms with Crippen LogP contribution in [-0.2, 0) is 11.3 Å². The topological polar surface area (TPSA) is 88.6 Å². The van der Waals surface area contributed by atoms with Gasteiger partial charge in [0.1, 0.15) is 17.3 Å². The zero-order chi connectivity index (χ0) is 28.1. The highest BCUT2D eigenvalue weighted by Gasteiger charge is 2.16. The Morgan fingerprint density at radius 2 is 1.80 bits per heavy atom. The molecule has 1 amide bonds. The molecule has 0 bridgehead atoms. The third-order valence-corrected chi connectivity index (χ3v) is 6.63. The lowest BCUT2D eigenvalue weighted by Crippen LogP contribution is -2.35. The molecule has 0 aliphatic carbocycles. The lowest BCUT2D eigenvalue weighted by Gasteiger charge is -2.26. The van der Waals surface area contributed by atoms with Gasteiger partial charge in [-0.15, -0.1) is 0 Å². The molecule has 40 heavy (non-hydrogen) atoms. The minimum Gasteiger partial charge on any atom is -0.493 e. The summed E-state index contributed by atoms with van der Waals surface area (Å²) < 4.78 is 39.2. The van der Waals surface area contributed by atoms with Crippen LogP contribution in [0.3, 0.4) is 0 Å². The summed E-state index contributed by atoms with van der Waals surface area (Å²) in [4.78, 5) is 23.9. The smallest absolute Gasteiger partial charge is 0.255 e. The molecule has 8 nitrogen and oxygen atoms in total. The second kappa shape index (κ2) is 12.2. The highest BCUT2D eigenvalue weighted by Crippen LogP contribution is 2.30. The normalized spacial score (nSPS) is 13.6. The van der Waals surface area contributed by atoms with Crippen LogP contribution < -0.4 is 15.4 Å². The van der Waals surface area contributed by atoms with Gasteiger partial charge in [0.2, 0.25) is 5.95 Å². The number of nitrogens with one attached hydrogen (secondary N) is 2. The van der Waals surface area contributed by atoms with Gasteiger partial charge < -0.3 is 20.1 Å². The number of halogens is 2. The highest BCUT2D eigenvalue weighted by atomic mass is 19.1. The number of rotatable bonds is 8. The molecule has 1 fully saturated rings. The Morgan fingerprint density at radius 3 is 2.52 bits per heavy atom. The van der Waals surface area contributed by atoms with E-state index in [9.17, 15) is 9.18 Å². The van der Waals surface area contributed by atoms with Crippen molar-refractivity contribution < 1.29 is 23.0 Å². The van der Waals surface area contributed by atoms with Crippen LogP contribution in [0.1, 0.15) is 21.5 Å². The van der Waals surface area contributed by atoms with Crippen LogP contribution in [0.15, 0.2) is 66.9 Å². The van der Waals surface area contributed by atoms with Crippen LogP contribution in [0.4, 0.5) is 26.1 Å². The summed E-state index contributed by atoms with van der Waals surface area (Å²) in [7, 11) is 1.48. The van der Waals surface area contributed by atoms with E-state index in [-0.39, 0.29) is 23.0 Å². The number of morpholine rings is 1. The third kappa shape index (κ3) is 6.41. The van der Waals surface area contributed by atoms with Gasteiger partial charge in [-0.2, -0.15) is 0 Å². The van der Waals surface area contributed by atoms with E-state index in [1.165, 1.54) is 37.6 Å². The first kappa shape index (κ1) is 27.2. The minimum absolute atomic E-state index is 0.0930. The van der Waals surface area contributed by atoms with Gasteiger partial charge in [0.15, 0.2) is 5.75 Å². The summed E-state index contributed by atoms with van der Waals surface area (Å²) in [5.41, 5.74) is 3.96. The van der Waals surface area contributed by atoms with Crippen LogP contribution in [0.2, 0.25) is 0 Å². The summed E-state index contributed by atoms with van der Waals surface area (Å²) in [6.45, 7) is 5.83. The van der Waals surface area contributed by atoms with Crippen molar-refractivity contribution in [1.29, 1.82) is 0 Å². The maximum Gasteiger partial charge on any atom is 0.255 e. The van der Waals surface area contributed by atoms with Crippen molar-refractivity contribution >= 4 is 23.2 Å². The molecular formula is C30H29F2N5O3. The van der Waals surface area contributed by atoms with Crippen molar-refractivity contribution in [2.75, 3.05) is 44.0 Å². The number of amides is 1. The standard InChI is InChI=1S/C30H29F2N5O3/c1-19-3-4-20(18-37-11-13-40-14-12-37)15-26(19)34-29(38)22-7-10-25(24(32)16-22)35-30-33-17-27(39-2)28(36-30)21-5-8-23(31)9-6-21/h3-10,15-17H,11-14,18H2,1-2H3,(H,34,38)(H,33,35,36). The average Bonchev–Trinajstić information content (AvgIpc) is 2.97. The first-order valence-corrected chi connectivity index (χ1v) is 12.8. The maximum absolute atomic E-state index is 15.1. The monoisotopic (exact) mass is 545 g/mol. The van der Waals surface area contributed by atoms with Crippen LogP contribution in [0.5, 0.6) is 5.75 Å². The van der Waals surface area contributed by atoms with Gasteiger partial charge in [0, 0.05) is 36.4 Å². The Balaban J connectivity index is 1.30. The van der Waals surface area contributed by atoms with Crippen molar-refractivity contribution in [3.05, 3.63) is 95.2 Å². The lowest BCUT2D eigenvalue weighted by atomic mass is 10.1. The fourth-order valence-electron chi connectivity index (χ4n) is 4.39. The predicted octanol–water partition coefficient (Wildman–Crippen LogP) is 5.57. The van der Waals surface area contributed by atoms with E-state index >= 15 is 4.39 Å². The fourth-order valence-corrected chi connectivity index (χ4v) is 4.39. The molecule has 1 saturated heterocycles. The number of aromatic nitrogens is 2. The van der Waals surface area contributed by atoms with Crippen molar-refractivity contribution in [2.45, 2.75) is 13.5 Å². The fraction of sp³-hybridized carbons (Fsp3) is 0.233. The van der Waals surface area contributed by atoms with Gasteiger partial charge in [0.05, 0.1) is 32.2 Å². The Kier molecular flexibility index (Phi) is 8.28. The number of ether oxygens (including phenoxy) is 2. The second-order valence-corrected chi connectivity index (χ2v) is 9.43. The number of methoxy groups -OCH3 is 1. The second-order valence-electron chi connectivity index (χ2n) is 9.43. The molecule has 0 unspecified atom stereocenters. The van der Waals surface area contributed by atoms with Crippen LogP contribution >= 0.6 is 0 Å². The number of aryl methyl sites for hydroxylation is 1. The Bertz CT molecular complexity index is 1510. The number of anilines is 3. The summed E-state index contributed by atoms with van der Waals surface area (Å²) >= 11 is 0. The number of nitrogens with zero attached hydrogens (tertiary/aromatic N) is 3. The Morgan fingerprint density at radius 1 is 1.02 bits per heavy atom. The molecule has 0 radical (unpaired) electrons. The number of carbonyl (C=O) groups excluding carboxylic acids is 1.